The van der Waals surface area contributed by atoms with Crippen molar-refractivity contribution in [2.45, 2.75) is 73.6 Å². The van der Waals surface area contributed by atoms with E-state index in [-0.39, 0.29) is 12.2 Å². The Morgan fingerprint density at radius 1 is 1.06 bits per heavy atom. The third-order valence-electron chi connectivity index (χ3n) is 3.84. The molecular weight excluding hydrogens is 360 g/mol. The van der Waals surface area contributed by atoms with Crippen LogP contribution in [0.5, 0.6) is 0 Å². The summed E-state index contributed by atoms with van der Waals surface area (Å²) >= 11 is 7.46. The average molecular weight is 382 g/mol. The maximum absolute atomic E-state index is 6.16. The summed E-state index contributed by atoms with van der Waals surface area (Å²) in [6.07, 6.45) is 9.61. The highest BCUT2D eigenvalue weighted by Crippen LogP contribution is 2.38. The molecule has 2 saturated heterocycles. The molecule has 0 radical (unpaired) electrons. The molecule has 104 valence electrons. The average Bonchev–Trinajstić information content (AvgIpc) is 2.90. The van der Waals surface area contributed by atoms with Crippen molar-refractivity contribution in [2.75, 3.05) is 0 Å². The van der Waals surface area contributed by atoms with E-state index < -0.39 is 0 Å². The Morgan fingerprint density at radius 2 is 1.61 bits per heavy atom. The van der Waals surface area contributed by atoms with Crippen LogP contribution in [0, 0.1) is 0 Å². The Hall–Kier alpha value is 0.620. The van der Waals surface area contributed by atoms with Gasteiger partial charge in [-0.3, -0.25) is 0 Å². The standard InChI is InChI=1S/C14H22Br2O2/c1-3-5-6-12-10(16)8-14(18-12)13-7-9(15)11(4-2)17-13/h3,5,9-14H,4,6-8H2,1-2H3. The van der Waals surface area contributed by atoms with Gasteiger partial charge in [0.1, 0.15) is 0 Å². The number of ether oxygens (including phenoxy) is 2. The molecule has 2 fully saturated rings. The van der Waals surface area contributed by atoms with Crippen LogP contribution in [-0.2, 0) is 9.47 Å². The Balaban J connectivity index is 1.88. The first-order chi connectivity index (χ1) is 8.65. The van der Waals surface area contributed by atoms with Gasteiger partial charge in [-0.2, -0.15) is 0 Å². The number of hydrogen-bond donors (Lipinski definition) is 0. The third kappa shape index (κ3) is 3.38. The van der Waals surface area contributed by atoms with Crippen molar-refractivity contribution in [3.05, 3.63) is 12.2 Å². The van der Waals surface area contributed by atoms with E-state index in [4.69, 9.17) is 9.47 Å². The lowest BCUT2D eigenvalue weighted by atomic mass is 10.1. The highest BCUT2D eigenvalue weighted by atomic mass is 79.9. The van der Waals surface area contributed by atoms with Crippen molar-refractivity contribution in [2.24, 2.45) is 0 Å². The minimum absolute atomic E-state index is 0.251. The number of hydrogen-bond acceptors (Lipinski definition) is 2. The monoisotopic (exact) mass is 380 g/mol. The highest BCUT2D eigenvalue weighted by Gasteiger charge is 2.43. The summed E-state index contributed by atoms with van der Waals surface area (Å²) < 4.78 is 12.3. The normalized spacial score (nSPS) is 45.1. The van der Waals surface area contributed by atoms with E-state index in [1.807, 2.05) is 0 Å². The van der Waals surface area contributed by atoms with Gasteiger partial charge in [0.2, 0.25) is 0 Å². The summed E-state index contributed by atoms with van der Waals surface area (Å²) in [6.45, 7) is 4.23. The summed E-state index contributed by atoms with van der Waals surface area (Å²) in [7, 11) is 0. The smallest absolute Gasteiger partial charge is 0.0853 e. The van der Waals surface area contributed by atoms with Gasteiger partial charge in [-0.25, -0.2) is 0 Å². The molecule has 0 aliphatic carbocycles. The van der Waals surface area contributed by atoms with E-state index >= 15 is 0 Å². The molecule has 0 aromatic heterocycles. The Morgan fingerprint density at radius 3 is 2.11 bits per heavy atom. The first kappa shape index (κ1) is 15.0. The second-order valence-electron chi connectivity index (χ2n) is 5.14. The molecular formula is C14H22Br2O2. The van der Waals surface area contributed by atoms with E-state index in [9.17, 15) is 0 Å². The molecule has 0 amide bonds. The second kappa shape index (κ2) is 6.87. The van der Waals surface area contributed by atoms with Crippen molar-refractivity contribution in [1.82, 2.24) is 0 Å². The molecule has 0 aromatic carbocycles. The summed E-state index contributed by atoms with van der Waals surface area (Å²) in [5.41, 5.74) is 0. The predicted molar refractivity (Wildman–Crippen MR) is 81.7 cm³/mol. The fourth-order valence-corrected chi connectivity index (χ4v) is 4.36. The first-order valence-corrected chi connectivity index (χ1v) is 8.69. The van der Waals surface area contributed by atoms with Crippen LogP contribution < -0.4 is 0 Å². The SMILES string of the molecule is CC=CCC1OC(C2CC(Br)C(CC)O2)CC1Br. The van der Waals surface area contributed by atoms with Gasteiger partial charge in [0.15, 0.2) is 0 Å². The Labute approximate surface area is 127 Å². The van der Waals surface area contributed by atoms with E-state index in [1.54, 1.807) is 0 Å². The van der Waals surface area contributed by atoms with Gasteiger partial charge in [0.25, 0.3) is 0 Å². The van der Waals surface area contributed by atoms with Gasteiger partial charge in [-0.05, 0) is 32.6 Å². The lowest BCUT2D eigenvalue weighted by Gasteiger charge is -2.19. The van der Waals surface area contributed by atoms with Crippen LogP contribution in [0.15, 0.2) is 12.2 Å². The van der Waals surface area contributed by atoms with Gasteiger partial charge in [0.05, 0.1) is 24.4 Å². The lowest BCUT2D eigenvalue weighted by Crippen LogP contribution is -2.26. The fourth-order valence-electron chi connectivity index (χ4n) is 2.78. The van der Waals surface area contributed by atoms with Crippen LogP contribution in [0.4, 0.5) is 0 Å². The topological polar surface area (TPSA) is 18.5 Å². The molecule has 6 atom stereocenters. The molecule has 0 bridgehead atoms. The van der Waals surface area contributed by atoms with E-state index in [0.717, 1.165) is 25.7 Å². The summed E-state index contributed by atoms with van der Waals surface area (Å²) in [6, 6.07) is 0. The van der Waals surface area contributed by atoms with Gasteiger partial charge in [0, 0.05) is 9.65 Å². The molecule has 2 aliphatic rings. The molecule has 6 unspecified atom stereocenters. The predicted octanol–water partition coefficient (Wildman–Crippen LogP) is 4.20. The van der Waals surface area contributed by atoms with Crippen LogP contribution in [-0.4, -0.2) is 34.1 Å². The van der Waals surface area contributed by atoms with Gasteiger partial charge < -0.3 is 9.47 Å². The number of halogens is 2. The van der Waals surface area contributed by atoms with Crippen molar-refractivity contribution >= 4 is 31.9 Å². The third-order valence-corrected chi connectivity index (χ3v) is 5.77. The molecule has 0 saturated carbocycles. The van der Waals surface area contributed by atoms with E-state index in [0.29, 0.717) is 21.9 Å². The quantitative estimate of drug-likeness (QED) is 0.536. The molecule has 2 nitrogen and oxygen atoms in total. The maximum atomic E-state index is 6.16. The molecule has 0 spiro atoms. The molecule has 4 heteroatoms. The van der Waals surface area contributed by atoms with Crippen molar-refractivity contribution in [3.63, 3.8) is 0 Å². The van der Waals surface area contributed by atoms with Crippen LogP contribution in [0.1, 0.15) is 39.5 Å². The molecule has 0 aromatic rings. The largest absolute Gasteiger partial charge is 0.371 e. The van der Waals surface area contributed by atoms with Crippen LogP contribution in [0.3, 0.4) is 0 Å². The summed E-state index contributed by atoms with van der Waals surface area (Å²) in [5, 5.41) is 0. The molecule has 2 heterocycles. The van der Waals surface area contributed by atoms with E-state index in [1.165, 1.54) is 0 Å². The van der Waals surface area contributed by atoms with Crippen molar-refractivity contribution < 1.29 is 9.47 Å². The van der Waals surface area contributed by atoms with Crippen LogP contribution in [0.25, 0.3) is 0 Å². The molecule has 18 heavy (non-hydrogen) atoms. The number of allylic oxidation sites excluding steroid dienone is 1. The molecule has 0 N–H and O–H groups in total. The number of rotatable bonds is 4. The Kier molecular flexibility index (Phi) is 5.73. The zero-order valence-electron chi connectivity index (χ0n) is 11.0. The van der Waals surface area contributed by atoms with Crippen LogP contribution >= 0.6 is 31.9 Å². The van der Waals surface area contributed by atoms with Crippen molar-refractivity contribution in [1.29, 1.82) is 0 Å². The maximum Gasteiger partial charge on any atom is 0.0853 e. The van der Waals surface area contributed by atoms with E-state index in [2.05, 4.69) is 57.9 Å². The minimum Gasteiger partial charge on any atom is -0.371 e. The first-order valence-electron chi connectivity index (χ1n) is 6.85. The van der Waals surface area contributed by atoms with Crippen molar-refractivity contribution in [3.8, 4) is 0 Å². The Bertz CT molecular complexity index is 296. The molecule has 2 aliphatic heterocycles. The lowest BCUT2D eigenvalue weighted by molar-refractivity contribution is -0.0640. The summed E-state index contributed by atoms with van der Waals surface area (Å²) in [4.78, 5) is 0.941. The zero-order valence-corrected chi connectivity index (χ0v) is 14.2. The fraction of sp³-hybridized carbons (Fsp3) is 0.857. The van der Waals surface area contributed by atoms with Crippen LogP contribution in [0.2, 0.25) is 0 Å². The summed E-state index contributed by atoms with van der Waals surface area (Å²) in [5.74, 6) is 0. The minimum atomic E-state index is 0.251. The molecule has 2 rings (SSSR count). The van der Waals surface area contributed by atoms with Gasteiger partial charge >= 0.3 is 0 Å². The number of alkyl halides is 2. The van der Waals surface area contributed by atoms with Gasteiger partial charge in [-0.1, -0.05) is 50.9 Å². The highest BCUT2D eigenvalue weighted by molar-refractivity contribution is 9.09. The second-order valence-corrected chi connectivity index (χ2v) is 7.49. The zero-order chi connectivity index (χ0) is 13.1. The van der Waals surface area contributed by atoms with Gasteiger partial charge in [-0.15, -0.1) is 0 Å².